The third-order valence-electron chi connectivity index (χ3n) is 3.33. The average Bonchev–Trinajstić information content (AvgIpc) is 2.47. The normalized spacial score (nSPS) is 12.2. The fourth-order valence-electron chi connectivity index (χ4n) is 2.28. The van der Waals surface area contributed by atoms with Crippen LogP contribution < -0.4 is 5.73 Å². The standard InChI is InChI=1S/C15H20N2O2S/c1-2-17(12-6-11-16)20(18,19)15-10-5-8-13-7-3-4-9-14(13)15/h3-5,7-10H,2,6,11-12,16H2,1H3. The molecule has 20 heavy (non-hydrogen) atoms. The van der Waals surface area contributed by atoms with Crippen molar-refractivity contribution in [3.8, 4) is 0 Å². The van der Waals surface area contributed by atoms with Crippen LogP contribution >= 0.6 is 0 Å². The van der Waals surface area contributed by atoms with E-state index in [0.29, 0.717) is 31.0 Å². The van der Waals surface area contributed by atoms with Crippen LogP contribution in [0.25, 0.3) is 10.8 Å². The predicted molar refractivity (Wildman–Crippen MR) is 82.1 cm³/mol. The Hall–Kier alpha value is -1.43. The van der Waals surface area contributed by atoms with Crippen molar-refractivity contribution in [3.63, 3.8) is 0 Å². The first kappa shape index (κ1) is 15.0. The van der Waals surface area contributed by atoms with Crippen molar-refractivity contribution in [1.82, 2.24) is 4.31 Å². The molecule has 0 saturated heterocycles. The second kappa shape index (κ2) is 6.35. The summed E-state index contributed by atoms with van der Waals surface area (Å²) in [5.74, 6) is 0. The molecule has 0 saturated carbocycles. The highest BCUT2D eigenvalue weighted by Crippen LogP contribution is 2.25. The summed E-state index contributed by atoms with van der Waals surface area (Å²) in [6.07, 6.45) is 0.665. The number of nitrogens with two attached hydrogens (primary N) is 1. The Balaban J connectivity index is 2.51. The van der Waals surface area contributed by atoms with Gasteiger partial charge in [0.05, 0.1) is 4.90 Å². The summed E-state index contributed by atoms with van der Waals surface area (Å²) in [4.78, 5) is 0.370. The molecular formula is C15H20N2O2S. The Morgan fingerprint density at radius 2 is 1.80 bits per heavy atom. The molecule has 2 aromatic carbocycles. The molecule has 0 unspecified atom stereocenters. The van der Waals surface area contributed by atoms with Gasteiger partial charge in [-0.2, -0.15) is 4.31 Å². The second-order valence-corrected chi connectivity index (χ2v) is 6.52. The highest BCUT2D eigenvalue weighted by Gasteiger charge is 2.24. The molecule has 0 aliphatic heterocycles. The summed E-state index contributed by atoms with van der Waals surface area (Å²) >= 11 is 0. The maximum atomic E-state index is 12.8. The van der Waals surface area contributed by atoms with E-state index in [1.54, 1.807) is 12.1 Å². The smallest absolute Gasteiger partial charge is 0.243 e. The molecule has 2 N–H and O–H groups in total. The Morgan fingerprint density at radius 1 is 1.10 bits per heavy atom. The van der Waals surface area contributed by atoms with Gasteiger partial charge in [0.1, 0.15) is 0 Å². The van der Waals surface area contributed by atoms with Crippen LogP contribution in [0.15, 0.2) is 47.4 Å². The average molecular weight is 292 g/mol. The molecule has 0 aromatic heterocycles. The number of benzene rings is 2. The molecular weight excluding hydrogens is 272 g/mol. The van der Waals surface area contributed by atoms with Crippen LogP contribution in [0.2, 0.25) is 0 Å². The third-order valence-corrected chi connectivity index (χ3v) is 5.36. The molecule has 0 radical (unpaired) electrons. The summed E-state index contributed by atoms with van der Waals surface area (Å²) < 4.78 is 27.0. The van der Waals surface area contributed by atoms with Gasteiger partial charge in [0.2, 0.25) is 10.0 Å². The van der Waals surface area contributed by atoms with Crippen molar-refractivity contribution in [1.29, 1.82) is 0 Å². The third kappa shape index (κ3) is 2.85. The highest BCUT2D eigenvalue weighted by molar-refractivity contribution is 7.89. The Kier molecular flexibility index (Phi) is 4.75. The number of hydrogen-bond acceptors (Lipinski definition) is 3. The quantitative estimate of drug-likeness (QED) is 0.887. The van der Waals surface area contributed by atoms with E-state index in [9.17, 15) is 8.42 Å². The van der Waals surface area contributed by atoms with Crippen molar-refractivity contribution in [2.75, 3.05) is 19.6 Å². The van der Waals surface area contributed by atoms with Crippen molar-refractivity contribution in [3.05, 3.63) is 42.5 Å². The van der Waals surface area contributed by atoms with E-state index in [1.165, 1.54) is 4.31 Å². The van der Waals surface area contributed by atoms with Gasteiger partial charge in [0.25, 0.3) is 0 Å². The Morgan fingerprint density at radius 3 is 2.50 bits per heavy atom. The van der Waals surface area contributed by atoms with Gasteiger partial charge < -0.3 is 5.73 Å². The zero-order valence-electron chi connectivity index (χ0n) is 11.6. The zero-order chi connectivity index (χ0) is 14.6. The molecule has 0 aliphatic rings. The van der Waals surface area contributed by atoms with E-state index < -0.39 is 10.0 Å². The number of rotatable bonds is 6. The summed E-state index contributed by atoms with van der Waals surface area (Å²) in [6, 6.07) is 12.9. The minimum Gasteiger partial charge on any atom is -0.330 e. The first-order valence-electron chi connectivity index (χ1n) is 6.79. The van der Waals surface area contributed by atoms with Crippen LogP contribution in [0.3, 0.4) is 0 Å². The minimum absolute atomic E-state index is 0.370. The largest absolute Gasteiger partial charge is 0.330 e. The second-order valence-electron chi connectivity index (χ2n) is 4.62. The fourth-order valence-corrected chi connectivity index (χ4v) is 3.98. The van der Waals surface area contributed by atoms with Crippen molar-refractivity contribution >= 4 is 20.8 Å². The molecule has 108 valence electrons. The van der Waals surface area contributed by atoms with E-state index in [-0.39, 0.29) is 0 Å². The van der Waals surface area contributed by atoms with Crippen molar-refractivity contribution < 1.29 is 8.42 Å². The molecule has 0 amide bonds. The summed E-state index contributed by atoms with van der Waals surface area (Å²) in [5.41, 5.74) is 5.48. The number of nitrogens with zero attached hydrogens (tertiary/aromatic N) is 1. The number of sulfonamides is 1. The van der Waals surface area contributed by atoms with Crippen LogP contribution in [0, 0.1) is 0 Å². The van der Waals surface area contributed by atoms with Gasteiger partial charge in [0, 0.05) is 18.5 Å². The lowest BCUT2D eigenvalue weighted by molar-refractivity contribution is 0.423. The van der Waals surface area contributed by atoms with Crippen LogP contribution in [0.4, 0.5) is 0 Å². The fraction of sp³-hybridized carbons (Fsp3) is 0.333. The van der Waals surface area contributed by atoms with Crippen molar-refractivity contribution in [2.24, 2.45) is 5.73 Å². The molecule has 0 heterocycles. The molecule has 0 aliphatic carbocycles. The Labute approximate surface area is 120 Å². The maximum absolute atomic E-state index is 12.8. The lowest BCUT2D eigenvalue weighted by atomic mass is 10.1. The highest BCUT2D eigenvalue weighted by atomic mass is 32.2. The van der Waals surface area contributed by atoms with Crippen LogP contribution in [-0.4, -0.2) is 32.4 Å². The minimum atomic E-state index is -3.47. The first-order chi connectivity index (χ1) is 9.61. The number of fused-ring (bicyclic) bond motifs is 1. The monoisotopic (exact) mass is 292 g/mol. The molecule has 2 aromatic rings. The topological polar surface area (TPSA) is 63.4 Å². The SMILES string of the molecule is CCN(CCCN)S(=O)(=O)c1cccc2ccccc12. The molecule has 0 spiro atoms. The van der Waals surface area contributed by atoms with Crippen molar-refractivity contribution in [2.45, 2.75) is 18.2 Å². The first-order valence-corrected chi connectivity index (χ1v) is 8.23. The molecule has 0 bridgehead atoms. The molecule has 4 nitrogen and oxygen atoms in total. The zero-order valence-corrected chi connectivity index (χ0v) is 12.4. The van der Waals surface area contributed by atoms with Crippen LogP contribution in [0.5, 0.6) is 0 Å². The van der Waals surface area contributed by atoms with E-state index in [1.807, 2.05) is 37.3 Å². The summed E-state index contributed by atoms with van der Waals surface area (Å²) in [7, 11) is -3.47. The van der Waals surface area contributed by atoms with Gasteiger partial charge in [-0.3, -0.25) is 0 Å². The van der Waals surface area contributed by atoms with E-state index in [2.05, 4.69) is 0 Å². The van der Waals surface area contributed by atoms with E-state index in [0.717, 1.165) is 10.8 Å². The molecule has 5 heteroatoms. The van der Waals surface area contributed by atoms with Gasteiger partial charge in [-0.05, 0) is 24.4 Å². The Bertz CT molecular complexity index is 678. The van der Waals surface area contributed by atoms with Crippen LogP contribution in [0.1, 0.15) is 13.3 Å². The van der Waals surface area contributed by atoms with Gasteiger partial charge in [-0.1, -0.05) is 43.3 Å². The lowest BCUT2D eigenvalue weighted by Crippen LogP contribution is -2.33. The predicted octanol–water partition coefficient (Wildman–Crippen LogP) is 2.20. The molecule has 0 atom stereocenters. The van der Waals surface area contributed by atoms with Gasteiger partial charge in [-0.25, -0.2) is 8.42 Å². The van der Waals surface area contributed by atoms with Gasteiger partial charge in [0.15, 0.2) is 0 Å². The summed E-state index contributed by atoms with van der Waals surface area (Å²) in [5, 5.41) is 1.70. The molecule has 2 rings (SSSR count). The number of hydrogen-bond donors (Lipinski definition) is 1. The lowest BCUT2D eigenvalue weighted by Gasteiger charge is -2.21. The molecule has 0 fully saturated rings. The van der Waals surface area contributed by atoms with E-state index in [4.69, 9.17) is 5.73 Å². The van der Waals surface area contributed by atoms with Gasteiger partial charge in [-0.15, -0.1) is 0 Å². The summed E-state index contributed by atoms with van der Waals surface area (Å²) in [6.45, 7) is 3.24. The van der Waals surface area contributed by atoms with Gasteiger partial charge >= 0.3 is 0 Å². The maximum Gasteiger partial charge on any atom is 0.243 e. The van der Waals surface area contributed by atoms with Crippen LogP contribution in [-0.2, 0) is 10.0 Å². The van der Waals surface area contributed by atoms with E-state index >= 15 is 0 Å².